The standard InChI is InChI=1S/C8H5ClN2O3S2/c9-16(13,14)8-4-2-6(15-8)5-1-3-7(12)11-10-5/h1-4H,(H,11,12). The van der Waals surface area contributed by atoms with E-state index in [0.29, 0.717) is 10.6 Å². The third-order valence-corrected chi connectivity index (χ3v) is 4.95. The molecule has 0 aliphatic carbocycles. The van der Waals surface area contributed by atoms with Crippen molar-refractivity contribution in [1.29, 1.82) is 0 Å². The lowest BCUT2D eigenvalue weighted by atomic mass is 10.3. The fourth-order valence-electron chi connectivity index (χ4n) is 1.07. The van der Waals surface area contributed by atoms with Crippen molar-refractivity contribution in [3.63, 3.8) is 0 Å². The van der Waals surface area contributed by atoms with E-state index in [4.69, 9.17) is 10.7 Å². The molecule has 0 saturated heterocycles. The van der Waals surface area contributed by atoms with E-state index >= 15 is 0 Å². The summed E-state index contributed by atoms with van der Waals surface area (Å²) in [5, 5.41) is 6.04. The van der Waals surface area contributed by atoms with Crippen LogP contribution in [0.3, 0.4) is 0 Å². The largest absolute Gasteiger partial charge is 0.270 e. The van der Waals surface area contributed by atoms with Crippen LogP contribution in [-0.2, 0) is 9.05 Å². The predicted octanol–water partition coefficient (Wildman–Crippen LogP) is 1.43. The molecule has 0 bridgehead atoms. The number of nitrogens with zero attached hydrogens (tertiary/aromatic N) is 1. The van der Waals surface area contributed by atoms with Gasteiger partial charge in [-0.25, -0.2) is 13.5 Å². The van der Waals surface area contributed by atoms with Crippen molar-refractivity contribution in [1.82, 2.24) is 10.2 Å². The van der Waals surface area contributed by atoms with Gasteiger partial charge in [0.25, 0.3) is 14.6 Å². The first-order valence-electron chi connectivity index (χ1n) is 4.07. The zero-order valence-corrected chi connectivity index (χ0v) is 10.1. The molecule has 16 heavy (non-hydrogen) atoms. The number of rotatable bonds is 2. The monoisotopic (exact) mass is 276 g/mol. The molecule has 0 atom stereocenters. The van der Waals surface area contributed by atoms with E-state index in [0.717, 1.165) is 11.3 Å². The van der Waals surface area contributed by atoms with Crippen molar-refractivity contribution in [2.75, 3.05) is 0 Å². The molecular formula is C8H5ClN2O3S2. The van der Waals surface area contributed by atoms with Gasteiger partial charge in [0.2, 0.25) is 0 Å². The smallest absolute Gasteiger partial charge is 0.268 e. The minimum Gasteiger partial charge on any atom is -0.268 e. The summed E-state index contributed by atoms with van der Waals surface area (Å²) in [5.41, 5.74) is 0.182. The second kappa shape index (κ2) is 4.00. The van der Waals surface area contributed by atoms with Gasteiger partial charge in [-0.1, -0.05) is 0 Å². The Labute approximate surface area is 99.1 Å². The van der Waals surface area contributed by atoms with Gasteiger partial charge in [-0.05, 0) is 18.2 Å². The normalized spacial score (nSPS) is 11.6. The molecule has 2 heterocycles. The van der Waals surface area contributed by atoms with Gasteiger partial charge >= 0.3 is 0 Å². The number of H-pyrrole nitrogens is 1. The number of aromatic amines is 1. The van der Waals surface area contributed by atoms with Gasteiger partial charge in [-0.3, -0.25) is 4.79 Å². The fourth-order valence-corrected chi connectivity index (χ4v) is 3.11. The number of thiophene rings is 1. The average Bonchev–Trinajstić information content (AvgIpc) is 2.67. The van der Waals surface area contributed by atoms with Gasteiger partial charge in [-0.15, -0.1) is 11.3 Å². The van der Waals surface area contributed by atoms with E-state index in [-0.39, 0.29) is 9.77 Å². The number of hydrogen-bond acceptors (Lipinski definition) is 5. The van der Waals surface area contributed by atoms with Gasteiger partial charge < -0.3 is 0 Å². The highest BCUT2D eigenvalue weighted by molar-refractivity contribution is 8.15. The van der Waals surface area contributed by atoms with Gasteiger partial charge in [-0.2, -0.15) is 5.10 Å². The summed E-state index contributed by atoms with van der Waals surface area (Å²) in [7, 11) is 1.48. The zero-order chi connectivity index (χ0) is 11.8. The highest BCUT2D eigenvalue weighted by Crippen LogP contribution is 2.30. The molecule has 2 aromatic heterocycles. The summed E-state index contributed by atoms with van der Waals surface area (Å²) in [6, 6.07) is 5.81. The molecule has 8 heteroatoms. The summed E-state index contributed by atoms with van der Waals surface area (Å²) in [5.74, 6) is 0. The molecule has 84 valence electrons. The van der Waals surface area contributed by atoms with Crippen LogP contribution >= 0.6 is 22.0 Å². The molecule has 0 fully saturated rings. The molecular weight excluding hydrogens is 272 g/mol. The molecule has 0 saturated carbocycles. The first kappa shape index (κ1) is 11.3. The average molecular weight is 277 g/mol. The van der Waals surface area contributed by atoms with E-state index in [1.807, 2.05) is 0 Å². The molecule has 5 nitrogen and oxygen atoms in total. The Bertz CT molecular complexity index is 654. The number of hydrogen-bond donors (Lipinski definition) is 1. The molecule has 0 radical (unpaired) electrons. The first-order valence-corrected chi connectivity index (χ1v) is 7.20. The van der Waals surface area contributed by atoms with E-state index in [1.165, 1.54) is 18.2 Å². The summed E-state index contributed by atoms with van der Waals surface area (Å²) in [6.45, 7) is 0. The Kier molecular flexibility index (Phi) is 2.83. The SMILES string of the molecule is O=c1ccc(-c2ccc(S(=O)(=O)Cl)s2)n[nH]1. The van der Waals surface area contributed by atoms with Crippen LogP contribution in [0.2, 0.25) is 0 Å². The minimum absolute atomic E-state index is 0.0529. The van der Waals surface area contributed by atoms with Crippen molar-refractivity contribution >= 4 is 31.1 Å². The first-order chi connectivity index (χ1) is 7.47. The highest BCUT2D eigenvalue weighted by atomic mass is 35.7. The molecule has 0 aromatic carbocycles. The van der Waals surface area contributed by atoms with Gasteiger partial charge in [0.05, 0.1) is 4.88 Å². The number of halogens is 1. The summed E-state index contributed by atoms with van der Waals surface area (Å²) >= 11 is 0.994. The molecule has 0 aliphatic heterocycles. The summed E-state index contributed by atoms with van der Waals surface area (Å²) < 4.78 is 22.1. The lowest BCUT2D eigenvalue weighted by molar-refractivity contribution is 0.611. The van der Waals surface area contributed by atoms with E-state index in [2.05, 4.69) is 10.2 Å². The van der Waals surface area contributed by atoms with Crippen LogP contribution in [-0.4, -0.2) is 18.6 Å². The zero-order valence-electron chi connectivity index (χ0n) is 7.68. The maximum Gasteiger partial charge on any atom is 0.270 e. The fraction of sp³-hybridized carbons (Fsp3) is 0. The van der Waals surface area contributed by atoms with Crippen LogP contribution in [0.4, 0.5) is 0 Å². The molecule has 0 aliphatic rings. The third-order valence-electron chi connectivity index (χ3n) is 1.75. The van der Waals surface area contributed by atoms with Crippen LogP contribution < -0.4 is 5.56 Å². The predicted molar refractivity (Wildman–Crippen MR) is 61.2 cm³/mol. The lowest BCUT2D eigenvalue weighted by Crippen LogP contribution is -2.05. The van der Waals surface area contributed by atoms with Crippen molar-refractivity contribution < 1.29 is 8.42 Å². The van der Waals surface area contributed by atoms with Crippen LogP contribution in [0.15, 0.2) is 33.3 Å². The number of aromatic nitrogens is 2. The van der Waals surface area contributed by atoms with E-state index in [1.54, 1.807) is 6.07 Å². The van der Waals surface area contributed by atoms with Crippen molar-refractivity contribution in [3.05, 3.63) is 34.6 Å². The Morgan fingerprint density at radius 3 is 2.50 bits per heavy atom. The van der Waals surface area contributed by atoms with Crippen molar-refractivity contribution in [3.8, 4) is 10.6 Å². The second-order valence-corrected chi connectivity index (χ2v) is 6.74. The Hall–Kier alpha value is -1.18. The van der Waals surface area contributed by atoms with Gasteiger partial charge in [0, 0.05) is 16.7 Å². The summed E-state index contributed by atoms with van der Waals surface area (Å²) in [4.78, 5) is 11.4. The second-order valence-electron chi connectivity index (χ2n) is 2.86. The van der Waals surface area contributed by atoms with Crippen LogP contribution in [0.25, 0.3) is 10.6 Å². The molecule has 2 aromatic rings. The Balaban J connectivity index is 2.47. The molecule has 0 amide bonds. The molecule has 1 N–H and O–H groups in total. The van der Waals surface area contributed by atoms with Crippen LogP contribution in [0.1, 0.15) is 0 Å². The van der Waals surface area contributed by atoms with E-state index < -0.39 is 9.05 Å². The lowest BCUT2D eigenvalue weighted by Gasteiger charge is -1.92. The quantitative estimate of drug-likeness (QED) is 0.842. The Morgan fingerprint density at radius 2 is 2.00 bits per heavy atom. The van der Waals surface area contributed by atoms with Crippen molar-refractivity contribution in [2.24, 2.45) is 0 Å². The topological polar surface area (TPSA) is 79.9 Å². The third kappa shape index (κ3) is 2.31. The summed E-state index contributed by atoms with van der Waals surface area (Å²) in [6.07, 6.45) is 0. The number of nitrogens with one attached hydrogen (secondary N) is 1. The molecule has 0 spiro atoms. The minimum atomic E-state index is -3.71. The Morgan fingerprint density at radius 1 is 1.25 bits per heavy atom. The highest BCUT2D eigenvalue weighted by Gasteiger charge is 2.14. The molecule has 2 rings (SSSR count). The maximum absolute atomic E-state index is 11.0. The molecule has 0 unspecified atom stereocenters. The van der Waals surface area contributed by atoms with Gasteiger partial charge in [0.15, 0.2) is 0 Å². The van der Waals surface area contributed by atoms with Crippen LogP contribution in [0, 0.1) is 0 Å². The van der Waals surface area contributed by atoms with E-state index in [9.17, 15) is 13.2 Å². The maximum atomic E-state index is 11.0. The van der Waals surface area contributed by atoms with Gasteiger partial charge in [0.1, 0.15) is 9.90 Å². The van der Waals surface area contributed by atoms with Crippen molar-refractivity contribution in [2.45, 2.75) is 4.21 Å². The van der Waals surface area contributed by atoms with Crippen LogP contribution in [0.5, 0.6) is 0 Å².